The Bertz CT molecular complexity index is 423. The minimum atomic E-state index is -0.341. The molecule has 0 aromatic carbocycles. The van der Waals surface area contributed by atoms with Crippen molar-refractivity contribution in [3.63, 3.8) is 0 Å². The van der Waals surface area contributed by atoms with Crippen LogP contribution >= 0.6 is 0 Å². The number of aromatic nitrogens is 2. The molecule has 0 spiro atoms. The number of carbonyl (C=O) groups excluding carboxylic acids is 1. The van der Waals surface area contributed by atoms with Crippen LogP contribution in [0.15, 0.2) is 12.1 Å². The molecule has 18 heavy (non-hydrogen) atoms. The zero-order valence-corrected chi connectivity index (χ0v) is 10.1. The van der Waals surface area contributed by atoms with Gasteiger partial charge >= 0.3 is 0 Å². The molecule has 1 amide bonds. The summed E-state index contributed by atoms with van der Waals surface area (Å²) >= 11 is 0. The summed E-state index contributed by atoms with van der Waals surface area (Å²) in [5.74, 6) is 0.0477. The molecule has 0 aliphatic carbocycles. The molecule has 2 heterocycles. The fourth-order valence-corrected chi connectivity index (χ4v) is 1.81. The first-order valence-electron chi connectivity index (χ1n) is 5.74. The molecule has 0 radical (unpaired) electrons. The second kappa shape index (κ2) is 5.28. The van der Waals surface area contributed by atoms with E-state index in [0.29, 0.717) is 13.2 Å². The van der Waals surface area contributed by atoms with Crippen LogP contribution in [0.5, 0.6) is 0 Å². The van der Waals surface area contributed by atoms with Crippen molar-refractivity contribution in [2.45, 2.75) is 19.1 Å². The van der Waals surface area contributed by atoms with Crippen LogP contribution < -0.4 is 5.73 Å². The standard InChI is InChI=1S/C11H16N4O3/c1-7-6-18-8(5-16)4-15(7)11(17)9-2-3-10(12)14-13-9/h2-3,7-8,16H,4-6H2,1H3,(H2,12,14). The van der Waals surface area contributed by atoms with Gasteiger partial charge in [-0.1, -0.05) is 0 Å². The summed E-state index contributed by atoms with van der Waals surface area (Å²) < 4.78 is 5.37. The topological polar surface area (TPSA) is 102 Å². The van der Waals surface area contributed by atoms with Gasteiger partial charge in [0.25, 0.3) is 5.91 Å². The Morgan fingerprint density at radius 3 is 3.00 bits per heavy atom. The number of amides is 1. The van der Waals surface area contributed by atoms with Gasteiger partial charge < -0.3 is 20.5 Å². The van der Waals surface area contributed by atoms with E-state index in [2.05, 4.69) is 10.2 Å². The number of hydrogen-bond donors (Lipinski definition) is 2. The fraction of sp³-hybridized carbons (Fsp3) is 0.545. The highest BCUT2D eigenvalue weighted by Gasteiger charge is 2.30. The van der Waals surface area contributed by atoms with Gasteiger partial charge in [0.15, 0.2) is 5.69 Å². The molecular formula is C11H16N4O3. The van der Waals surface area contributed by atoms with E-state index in [1.54, 1.807) is 11.0 Å². The third kappa shape index (κ3) is 2.57. The van der Waals surface area contributed by atoms with Gasteiger partial charge in [-0.15, -0.1) is 10.2 Å². The highest BCUT2D eigenvalue weighted by Crippen LogP contribution is 2.14. The highest BCUT2D eigenvalue weighted by molar-refractivity contribution is 5.92. The maximum absolute atomic E-state index is 12.2. The van der Waals surface area contributed by atoms with Crippen molar-refractivity contribution in [2.75, 3.05) is 25.5 Å². The Labute approximate surface area is 105 Å². The summed E-state index contributed by atoms with van der Waals surface area (Å²) in [6, 6.07) is 3.02. The Morgan fingerprint density at radius 2 is 2.39 bits per heavy atom. The normalized spacial score (nSPS) is 24.0. The lowest BCUT2D eigenvalue weighted by molar-refractivity contribution is -0.0669. The Balaban J connectivity index is 2.13. The van der Waals surface area contributed by atoms with E-state index in [4.69, 9.17) is 15.6 Å². The maximum atomic E-state index is 12.2. The van der Waals surface area contributed by atoms with Gasteiger partial charge in [-0.25, -0.2) is 0 Å². The number of aliphatic hydroxyl groups excluding tert-OH is 1. The van der Waals surface area contributed by atoms with Crippen molar-refractivity contribution in [3.8, 4) is 0 Å². The smallest absolute Gasteiger partial charge is 0.274 e. The maximum Gasteiger partial charge on any atom is 0.274 e. The van der Waals surface area contributed by atoms with Crippen molar-refractivity contribution in [1.29, 1.82) is 0 Å². The molecule has 1 aliphatic heterocycles. The van der Waals surface area contributed by atoms with Crippen LogP contribution in [0.25, 0.3) is 0 Å². The number of anilines is 1. The van der Waals surface area contributed by atoms with Gasteiger partial charge in [0.1, 0.15) is 5.82 Å². The number of nitrogens with two attached hydrogens (primary N) is 1. The van der Waals surface area contributed by atoms with E-state index in [1.165, 1.54) is 6.07 Å². The molecule has 98 valence electrons. The average Bonchev–Trinajstić information content (AvgIpc) is 2.39. The number of carbonyl (C=O) groups is 1. The second-order valence-electron chi connectivity index (χ2n) is 4.29. The molecule has 2 rings (SSSR count). The van der Waals surface area contributed by atoms with Crippen LogP contribution in [0.2, 0.25) is 0 Å². The molecular weight excluding hydrogens is 236 g/mol. The third-order valence-corrected chi connectivity index (χ3v) is 2.87. The molecule has 1 fully saturated rings. The monoisotopic (exact) mass is 252 g/mol. The number of nitrogens with zero attached hydrogens (tertiary/aromatic N) is 3. The van der Waals surface area contributed by atoms with Crippen LogP contribution in [-0.4, -0.2) is 58.0 Å². The predicted octanol–water partition coefficient (Wildman–Crippen LogP) is -0.719. The quantitative estimate of drug-likeness (QED) is 0.720. The molecule has 1 aromatic rings. The summed E-state index contributed by atoms with van der Waals surface area (Å²) in [5, 5.41) is 16.5. The van der Waals surface area contributed by atoms with Crippen molar-refractivity contribution in [1.82, 2.24) is 15.1 Å². The Kier molecular flexibility index (Phi) is 3.73. The lowest BCUT2D eigenvalue weighted by Gasteiger charge is -2.37. The van der Waals surface area contributed by atoms with Crippen molar-refractivity contribution in [3.05, 3.63) is 17.8 Å². The first kappa shape index (κ1) is 12.7. The Morgan fingerprint density at radius 1 is 1.61 bits per heavy atom. The van der Waals surface area contributed by atoms with Crippen molar-refractivity contribution < 1.29 is 14.6 Å². The predicted molar refractivity (Wildman–Crippen MR) is 63.8 cm³/mol. The Hall–Kier alpha value is -1.73. The summed E-state index contributed by atoms with van der Waals surface area (Å²) in [4.78, 5) is 13.9. The number of aliphatic hydroxyl groups is 1. The lowest BCUT2D eigenvalue weighted by atomic mass is 10.2. The largest absolute Gasteiger partial charge is 0.394 e. The zero-order chi connectivity index (χ0) is 13.1. The zero-order valence-electron chi connectivity index (χ0n) is 10.1. The number of rotatable bonds is 2. The van der Waals surface area contributed by atoms with E-state index in [9.17, 15) is 4.79 Å². The highest BCUT2D eigenvalue weighted by atomic mass is 16.5. The summed E-state index contributed by atoms with van der Waals surface area (Å²) in [7, 11) is 0. The molecule has 1 aromatic heterocycles. The first-order chi connectivity index (χ1) is 8.61. The van der Waals surface area contributed by atoms with E-state index in [0.717, 1.165) is 0 Å². The van der Waals surface area contributed by atoms with Gasteiger partial charge in [0, 0.05) is 6.54 Å². The average molecular weight is 252 g/mol. The number of hydrogen-bond acceptors (Lipinski definition) is 6. The number of nitrogen functional groups attached to an aromatic ring is 1. The molecule has 7 nitrogen and oxygen atoms in total. The van der Waals surface area contributed by atoms with Gasteiger partial charge in [-0.3, -0.25) is 4.79 Å². The lowest BCUT2D eigenvalue weighted by Crippen LogP contribution is -2.52. The minimum Gasteiger partial charge on any atom is -0.394 e. The second-order valence-corrected chi connectivity index (χ2v) is 4.29. The molecule has 2 atom stereocenters. The van der Waals surface area contributed by atoms with Crippen molar-refractivity contribution >= 4 is 11.7 Å². The first-order valence-corrected chi connectivity index (χ1v) is 5.74. The summed E-state index contributed by atoms with van der Waals surface area (Å²) in [6.07, 6.45) is -0.341. The molecule has 1 saturated heterocycles. The minimum absolute atomic E-state index is 0.0559. The third-order valence-electron chi connectivity index (χ3n) is 2.87. The van der Waals surface area contributed by atoms with Crippen LogP contribution in [0.4, 0.5) is 5.82 Å². The molecule has 3 N–H and O–H groups in total. The summed E-state index contributed by atoms with van der Waals surface area (Å²) in [5.41, 5.74) is 5.67. The fourth-order valence-electron chi connectivity index (χ4n) is 1.81. The molecule has 1 aliphatic rings. The van der Waals surface area contributed by atoms with Gasteiger partial charge in [-0.05, 0) is 19.1 Å². The number of morpholine rings is 1. The molecule has 2 unspecified atom stereocenters. The van der Waals surface area contributed by atoms with Crippen LogP contribution in [0.1, 0.15) is 17.4 Å². The van der Waals surface area contributed by atoms with E-state index >= 15 is 0 Å². The van der Waals surface area contributed by atoms with Crippen LogP contribution in [-0.2, 0) is 4.74 Å². The van der Waals surface area contributed by atoms with E-state index in [1.807, 2.05) is 6.92 Å². The SMILES string of the molecule is CC1COC(CO)CN1C(=O)c1ccc(N)nn1. The van der Waals surface area contributed by atoms with E-state index < -0.39 is 0 Å². The van der Waals surface area contributed by atoms with Gasteiger partial charge in [0.05, 0.1) is 25.4 Å². The van der Waals surface area contributed by atoms with Gasteiger partial charge in [-0.2, -0.15) is 0 Å². The van der Waals surface area contributed by atoms with Gasteiger partial charge in [0.2, 0.25) is 0 Å². The number of ether oxygens (including phenoxy) is 1. The van der Waals surface area contributed by atoms with E-state index in [-0.39, 0.29) is 36.2 Å². The van der Waals surface area contributed by atoms with Crippen LogP contribution in [0.3, 0.4) is 0 Å². The summed E-state index contributed by atoms with van der Waals surface area (Å²) in [6.45, 7) is 2.53. The molecule has 0 bridgehead atoms. The van der Waals surface area contributed by atoms with Crippen LogP contribution in [0, 0.1) is 0 Å². The molecule has 7 heteroatoms. The van der Waals surface area contributed by atoms with Crippen molar-refractivity contribution in [2.24, 2.45) is 0 Å². The molecule has 0 saturated carbocycles.